The van der Waals surface area contributed by atoms with Gasteiger partial charge in [0, 0.05) is 11.6 Å². The summed E-state index contributed by atoms with van der Waals surface area (Å²) in [5, 5.41) is 2.81. The molecule has 0 spiro atoms. The van der Waals surface area contributed by atoms with Crippen LogP contribution in [-0.4, -0.2) is 0 Å². The number of hydrogen-bond acceptors (Lipinski definition) is 1. The lowest BCUT2D eigenvalue weighted by Gasteiger charge is -2.09. The molecule has 0 bridgehead atoms. The lowest BCUT2D eigenvalue weighted by molar-refractivity contribution is 0.588. The second-order valence-corrected chi connectivity index (χ2v) is 4.16. The van der Waals surface area contributed by atoms with Crippen LogP contribution in [0.15, 0.2) is 36.4 Å². The minimum absolute atomic E-state index is 0.0787. The highest BCUT2D eigenvalue weighted by atomic mass is 35.5. The Bertz CT molecular complexity index is 532. The number of hydrogen-bond donors (Lipinski definition) is 1. The van der Waals surface area contributed by atoms with Crippen molar-refractivity contribution in [2.75, 3.05) is 5.32 Å². The van der Waals surface area contributed by atoms with Gasteiger partial charge in [-0.25, -0.2) is 13.2 Å². The zero-order valence-corrected chi connectivity index (χ0v) is 9.94. The molecule has 0 aliphatic carbocycles. The summed E-state index contributed by atoms with van der Waals surface area (Å²) < 4.78 is 39.7. The minimum atomic E-state index is -0.697. The maximum absolute atomic E-state index is 13.3. The molecule has 0 aliphatic heterocycles. The number of anilines is 1. The van der Waals surface area contributed by atoms with Crippen LogP contribution in [0.1, 0.15) is 5.56 Å². The summed E-state index contributed by atoms with van der Waals surface area (Å²) in [7, 11) is 0. The highest BCUT2D eigenvalue weighted by Gasteiger charge is 2.08. The fourth-order valence-corrected chi connectivity index (χ4v) is 1.81. The largest absolute Gasteiger partial charge is 0.376 e. The third-order valence-electron chi connectivity index (χ3n) is 2.35. The molecule has 1 N–H and O–H groups in total. The Kier molecular flexibility index (Phi) is 3.77. The number of nitrogens with one attached hydrogen (secondary N) is 1. The number of rotatable bonds is 3. The summed E-state index contributed by atoms with van der Waals surface area (Å²) >= 11 is 5.68. The van der Waals surface area contributed by atoms with Crippen molar-refractivity contribution in [1.29, 1.82) is 0 Å². The number of halogens is 4. The monoisotopic (exact) mass is 271 g/mol. The van der Waals surface area contributed by atoms with Crippen LogP contribution in [0.5, 0.6) is 0 Å². The highest BCUT2D eigenvalue weighted by Crippen LogP contribution is 2.20. The maximum atomic E-state index is 13.3. The zero-order chi connectivity index (χ0) is 13.1. The minimum Gasteiger partial charge on any atom is -0.376 e. The summed E-state index contributed by atoms with van der Waals surface area (Å²) in [4.78, 5) is 0. The number of para-hydroxylation sites is 1. The Morgan fingerprint density at radius 2 is 1.67 bits per heavy atom. The molecule has 0 heterocycles. The first kappa shape index (κ1) is 12.8. The highest BCUT2D eigenvalue weighted by molar-refractivity contribution is 6.30. The third kappa shape index (κ3) is 2.96. The molecule has 2 aromatic rings. The van der Waals surface area contributed by atoms with Crippen molar-refractivity contribution in [2.45, 2.75) is 6.54 Å². The van der Waals surface area contributed by atoms with Gasteiger partial charge in [-0.1, -0.05) is 17.7 Å². The molecule has 1 nitrogen and oxygen atoms in total. The van der Waals surface area contributed by atoms with E-state index >= 15 is 0 Å². The zero-order valence-electron chi connectivity index (χ0n) is 9.18. The van der Waals surface area contributed by atoms with Gasteiger partial charge in [0.15, 0.2) is 0 Å². The van der Waals surface area contributed by atoms with E-state index in [1.807, 2.05) is 0 Å². The van der Waals surface area contributed by atoms with Crippen molar-refractivity contribution >= 4 is 17.3 Å². The van der Waals surface area contributed by atoms with Gasteiger partial charge < -0.3 is 5.32 Å². The van der Waals surface area contributed by atoms with Crippen LogP contribution in [-0.2, 0) is 6.54 Å². The van der Waals surface area contributed by atoms with Gasteiger partial charge in [0.1, 0.15) is 23.1 Å². The average Bonchev–Trinajstić information content (AvgIpc) is 2.27. The summed E-state index contributed by atoms with van der Waals surface area (Å²) in [6, 6.07) is 7.49. The Morgan fingerprint density at radius 3 is 2.28 bits per heavy atom. The van der Waals surface area contributed by atoms with Crippen molar-refractivity contribution in [3.8, 4) is 0 Å². The van der Waals surface area contributed by atoms with Crippen molar-refractivity contribution in [2.24, 2.45) is 0 Å². The van der Waals surface area contributed by atoms with Crippen LogP contribution in [0.4, 0.5) is 18.9 Å². The molecule has 2 aromatic carbocycles. The van der Waals surface area contributed by atoms with Crippen LogP contribution in [0.2, 0.25) is 5.02 Å². The predicted octanol–water partition coefficient (Wildman–Crippen LogP) is 4.37. The van der Waals surface area contributed by atoms with Gasteiger partial charge in [0.05, 0.1) is 0 Å². The molecule has 0 saturated heterocycles. The van der Waals surface area contributed by atoms with E-state index in [0.29, 0.717) is 5.56 Å². The van der Waals surface area contributed by atoms with Gasteiger partial charge in [0.2, 0.25) is 0 Å². The molecule has 0 aliphatic rings. The smallest absolute Gasteiger partial charge is 0.149 e. The van der Waals surface area contributed by atoms with E-state index < -0.39 is 17.5 Å². The molecule has 5 heteroatoms. The van der Waals surface area contributed by atoms with Crippen molar-refractivity contribution in [3.05, 3.63) is 64.4 Å². The molecule has 0 aromatic heterocycles. The van der Waals surface area contributed by atoms with Gasteiger partial charge in [-0.05, 0) is 35.9 Å². The molecule has 0 atom stereocenters. The Morgan fingerprint density at radius 1 is 1.00 bits per heavy atom. The second kappa shape index (κ2) is 5.31. The normalized spacial score (nSPS) is 10.4. The Labute approximate surface area is 107 Å². The van der Waals surface area contributed by atoms with Gasteiger partial charge in [-0.2, -0.15) is 0 Å². The lowest BCUT2D eigenvalue weighted by atomic mass is 10.2. The summed E-state index contributed by atoms with van der Waals surface area (Å²) in [5.41, 5.74) is 0.264. The number of benzene rings is 2. The van der Waals surface area contributed by atoms with Crippen molar-refractivity contribution < 1.29 is 13.2 Å². The third-order valence-corrected chi connectivity index (χ3v) is 2.57. The average molecular weight is 272 g/mol. The summed E-state index contributed by atoms with van der Waals surface area (Å²) in [6.07, 6.45) is 0. The van der Waals surface area contributed by atoms with Crippen LogP contribution < -0.4 is 5.32 Å². The fourth-order valence-electron chi connectivity index (χ4n) is 1.57. The quantitative estimate of drug-likeness (QED) is 0.874. The van der Waals surface area contributed by atoms with Crippen molar-refractivity contribution in [3.63, 3.8) is 0 Å². The predicted molar refractivity (Wildman–Crippen MR) is 65.1 cm³/mol. The molecule has 0 saturated carbocycles. The van der Waals surface area contributed by atoms with Crippen molar-refractivity contribution in [1.82, 2.24) is 0 Å². The molecule has 18 heavy (non-hydrogen) atoms. The Balaban J connectivity index is 2.16. The molecule has 2 rings (SSSR count). The van der Waals surface area contributed by atoms with Crippen LogP contribution in [0.25, 0.3) is 0 Å². The van der Waals surface area contributed by atoms with Crippen LogP contribution in [0.3, 0.4) is 0 Å². The molecule has 0 amide bonds. The van der Waals surface area contributed by atoms with E-state index in [1.54, 1.807) is 0 Å². The second-order valence-electron chi connectivity index (χ2n) is 3.73. The molecular weight excluding hydrogens is 263 g/mol. The fraction of sp³-hybridized carbons (Fsp3) is 0.0769. The first-order valence-corrected chi connectivity index (χ1v) is 5.57. The molecule has 0 unspecified atom stereocenters. The Hall–Kier alpha value is -1.68. The van der Waals surface area contributed by atoms with Gasteiger partial charge in [0.25, 0.3) is 0 Å². The van der Waals surface area contributed by atoms with E-state index in [1.165, 1.54) is 18.2 Å². The summed E-state index contributed by atoms with van der Waals surface area (Å²) in [6.45, 7) is 0.0787. The van der Waals surface area contributed by atoms with Crippen LogP contribution in [0, 0.1) is 17.5 Å². The van der Waals surface area contributed by atoms with Gasteiger partial charge in [-0.15, -0.1) is 0 Å². The lowest BCUT2D eigenvalue weighted by Crippen LogP contribution is -2.04. The van der Waals surface area contributed by atoms with E-state index in [0.717, 1.165) is 18.2 Å². The first-order chi connectivity index (χ1) is 8.56. The van der Waals surface area contributed by atoms with E-state index in [-0.39, 0.29) is 17.3 Å². The topological polar surface area (TPSA) is 12.0 Å². The maximum Gasteiger partial charge on any atom is 0.149 e. The molecule has 0 radical (unpaired) electrons. The SMILES string of the molecule is Fc1cc(Cl)cc(CNc2c(F)cccc2F)c1. The molecule has 0 fully saturated rings. The van der Waals surface area contributed by atoms with E-state index in [2.05, 4.69) is 5.32 Å². The standard InChI is InChI=1S/C13H9ClF3N/c14-9-4-8(5-10(15)6-9)7-18-13-11(16)2-1-3-12(13)17/h1-6,18H,7H2. The van der Waals surface area contributed by atoms with E-state index in [9.17, 15) is 13.2 Å². The molecular formula is C13H9ClF3N. The first-order valence-electron chi connectivity index (χ1n) is 5.19. The van der Waals surface area contributed by atoms with Crippen LogP contribution >= 0.6 is 11.6 Å². The summed E-state index contributed by atoms with van der Waals surface area (Å²) in [5.74, 6) is -1.89. The molecule has 94 valence electrons. The van der Waals surface area contributed by atoms with Gasteiger partial charge in [-0.3, -0.25) is 0 Å². The van der Waals surface area contributed by atoms with Gasteiger partial charge >= 0.3 is 0 Å². The van der Waals surface area contributed by atoms with E-state index in [4.69, 9.17) is 11.6 Å².